The molecule has 8 heteroatoms. The van der Waals surface area contributed by atoms with Gasteiger partial charge in [-0.25, -0.2) is 4.99 Å². The van der Waals surface area contributed by atoms with Crippen LogP contribution in [0.4, 0.5) is 24.5 Å². The van der Waals surface area contributed by atoms with Gasteiger partial charge in [-0.2, -0.15) is 13.2 Å². The molecule has 162 valence electrons. The topological polar surface area (TPSA) is 63.8 Å². The zero-order valence-corrected chi connectivity index (χ0v) is 16.8. The molecule has 1 aromatic heterocycles. The average molecular weight is 438 g/mol. The van der Waals surface area contributed by atoms with Crippen molar-refractivity contribution in [1.29, 1.82) is 0 Å². The fourth-order valence-electron chi connectivity index (χ4n) is 3.04. The molecule has 1 N–H and O–H groups in total. The molecule has 0 aliphatic rings. The molecule has 0 atom stereocenters. The smallest absolute Gasteiger partial charge is 0.416 e. The molecule has 0 bridgehead atoms. The molecule has 0 aliphatic heterocycles. The van der Waals surface area contributed by atoms with Crippen LogP contribution < -0.4 is 15.6 Å². The first kappa shape index (κ1) is 21.2. The van der Waals surface area contributed by atoms with Crippen molar-refractivity contribution in [2.24, 2.45) is 4.99 Å². The highest BCUT2D eigenvalue weighted by Crippen LogP contribution is 2.30. The summed E-state index contributed by atoms with van der Waals surface area (Å²) in [7, 11) is 1.52. The summed E-state index contributed by atoms with van der Waals surface area (Å²) in [4.78, 5) is 17.3. The van der Waals surface area contributed by atoms with Crippen molar-refractivity contribution in [3.05, 3.63) is 95.5 Å². The van der Waals surface area contributed by atoms with E-state index in [1.54, 1.807) is 48.5 Å². The van der Waals surface area contributed by atoms with Crippen LogP contribution in [0.25, 0.3) is 11.0 Å². The van der Waals surface area contributed by atoms with E-state index in [1.807, 2.05) is 6.07 Å². The van der Waals surface area contributed by atoms with E-state index in [4.69, 9.17) is 9.15 Å². The minimum atomic E-state index is -4.45. The van der Waals surface area contributed by atoms with Gasteiger partial charge in [0.25, 0.3) is 5.91 Å². The number of alkyl halides is 3. The van der Waals surface area contributed by atoms with Gasteiger partial charge in [0, 0.05) is 11.1 Å². The van der Waals surface area contributed by atoms with Crippen LogP contribution in [-0.4, -0.2) is 13.0 Å². The number of carbonyl (C=O) groups is 1. The van der Waals surface area contributed by atoms with Crippen LogP contribution in [0.2, 0.25) is 0 Å². The maximum Gasteiger partial charge on any atom is 0.416 e. The number of benzene rings is 3. The second-order valence-corrected chi connectivity index (χ2v) is 6.85. The van der Waals surface area contributed by atoms with Crippen LogP contribution in [0.1, 0.15) is 15.9 Å². The zero-order chi connectivity index (χ0) is 22.7. The molecule has 5 nitrogen and oxygen atoms in total. The average Bonchev–Trinajstić information content (AvgIpc) is 2.78. The van der Waals surface area contributed by atoms with Crippen molar-refractivity contribution < 1.29 is 27.1 Å². The van der Waals surface area contributed by atoms with Crippen LogP contribution in [0.3, 0.4) is 0 Å². The van der Waals surface area contributed by atoms with Crippen LogP contribution in [-0.2, 0) is 6.18 Å². The predicted molar refractivity (Wildman–Crippen MR) is 114 cm³/mol. The molecule has 0 spiro atoms. The Morgan fingerprint density at radius 2 is 1.69 bits per heavy atom. The molecule has 0 unspecified atom stereocenters. The SMILES string of the molecule is COc1ccc2oc(=Nc3ccc(C(F)(F)F)cc3)c(C(=O)Nc3ccccc3)cc2c1. The first-order chi connectivity index (χ1) is 15.3. The minimum Gasteiger partial charge on any atom is -0.497 e. The number of hydrogen-bond donors (Lipinski definition) is 1. The number of nitrogens with zero attached hydrogens (tertiary/aromatic N) is 1. The largest absolute Gasteiger partial charge is 0.497 e. The summed E-state index contributed by atoms with van der Waals surface area (Å²) in [6.45, 7) is 0. The molecule has 4 rings (SSSR count). The summed E-state index contributed by atoms with van der Waals surface area (Å²) < 4.78 is 49.6. The number of amides is 1. The summed E-state index contributed by atoms with van der Waals surface area (Å²) >= 11 is 0. The lowest BCUT2D eigenvalue weighted by molar-refractivity contribution is -0.137. The van der Waals surface area contributed by atoms with Gasteiger partial charge < -0.3 is 14.5 Å². The lowest BCUT2D eigenvalue weighted by Gasteiger charge is -2.08. The highest BCUT2D eigenvalue weighted by atomic mass is 19.4. The summed E-state index contributed by atoms with van der Waals surface area (Å²) in [5.74, 6) is 0.102. The quantitative estimate of drug-likeness (QED) is 0.429. The van der Waals surface area contributed by atoms with Gasteiger partial charge in [0.15, 0.2) is 0 Å². The number of hydrogen-bond acceptors (Lipinski definition) is 4. The van der Waals surface area contributed by atoms with Gasteiger partial charge in [0.1, 0.15) is 16.9 Å². The minimum absolute atomic E-state index is 0.0316. The van der Waals surface area contributed by atoms with E-state index < -0.39 is 17.6 Å². The van der Waals surface area contributed by atoms with E-state index in [-0.39, 0.29) is 16.8 Å². The maximum atomic E-state index is 13.0. The van der Waals surface area contributed by atoms with E-state index >= 15 is 0 Å². The molecule has 0 aliphatic carbocycles. The lowest BCUT2D eigenvalue weighted by Crippen LogP contribution is -2.21. The van der Waals surface area contributed by atoms with E-state index in [9.17, 15) is 18.0 Å². The maximum absolute atomic E-state index is 13.0. The van der Waals surface area contributed by atoms with E-state index in [0.29, 0.717) is 22.4 Å². The molecule has 0 saturated carbocycles. The molecule has 4 aromatic rings. The van der Waals surface area contributed by atoms with E-state index in [2.05, 4.69) is 10.3 Å². The Hall–Kier alpha value is -4.07. The molecule has 0 saturated heterocycles. The van der Waals surface area contributed by atoms with Crippen LogP contribution >= 0.6 is 0 Å². The number of anilines is 1. The van der Waals surface area contributed by atoms with Gasteiger partial charge in [-0.05, 0) is 60.7 Å². The number of methoxy groups -OCH3 is 1. The molecule has 0 fully saturated rings. The fraction of sp³-hybridized carbons (Fsp3) is 0.0833. The third kappa shape index (κ3) is 4.64. The first-order valence-corrected chi connectivity index (χ1v) is 9.54. The molecule has 32 heavy (non-hydrogen) atoms. The Labute approximate surface area is 180 Å². The summed E-state index contributed by atoms with van der Waals surface area (Å²) in [6, 6.07) is 19.8. The van der Waals surface area contributed by atoms with Gasteiger partial charge in [0.05, 0.1) is 18.4 Å². The van der Waals surface area contributed by atoms with Crippen molar-refractivity contribution in [1.82, 2.24) is 0 Å². The second kappa shape index (κ2) is 8.58. The monoisotopic (exact) mass is 438 g/mol. The Morgan fingerprint density at radius 1 is 0.969 bits per heavy atom. The first-order valence-electron chi connectivity index (χ1n) is 9.54. The van der Waals surface area contributed by atoms with Crippen LogP contribution in [0.5, 0.6) is 5.75 Å². The predicted octanol–water partition coefficient (Wildman–Crippen LogP) is 5.94. The Balaban J connectivity index is 1.83. The Morgan fingerprint density at radius 3 is 2.34 bits per heavy atom. The van der Waals surface area contributed by atoms with Crippen molar-refractivity contribution in [2.75, 3.05) is 12.4 Å². The Bertz CT molecular complexity index is 1330. The molecule has 1 heterocycles. The van der Waals surface area contributed by atoms with Crippen molar-refractivity contribution in [2.45, 2.75) is 6.18 Å². The van der Waals surface area contributed by atoms with Gasteiger partial charge in [-0.3, -0.25) is 4.79 Å². The van der Waals surface area contributed by atoms with Crippen molar-refractivity contribution >= 4 is 28.3 Å². The van der Waals surface area contributed by atoms with Crippen molar-refractivity contribution in [3.63, 3.8) is 0 Å². The third-order valence-corrected chi connectivity index (χ3v) is 4.66. The van der Waals surface area contributed by atoms with Gasteiger partial charge in [-0.15, -0.1) is 0 Å². The second-order valence-electron chi connectivity index (χ2n) is 6.85. The standard InChI is InChI=1S/C24H17F3N2O3/c1-31-19-11-12-21-15(13-19)14-20(22(30)28-17-5-3-2-4-6-17)23(32-21)29-18-9-7-16(8-10-18)24(25,26)27/h2-14H,1H3,(H,28,30). The molecule has 0 radical (unpaired) electrons. The highest BCUT2D eigenvalue weighted by molar-refractivity contribution is 6.05. The molecule has 1 amide bonds. The molecule has 3 aromatic carbocycles. The number of fused-ring (bicyclic) bond motifs is 1. The van der Waals surface area contributed by atoms with E-state index in [1.165, 1.54) is 19.2 Å². The number of halogens is 3. The summed E-state index contributed by atoms with van der Waals surface area (Å²) in [5.41, 5.74) is 0.520. The number of ether oxygens (including phenoxy) is 1. The van der Waals surface area contributed by atoms with E-state index in [0.717, 1.165) is 12.1 Å². The summed E-state index contributed by atoms with van der Waals surface area (Å²) in [5, 5.41) is 3.37. The number of para-hydroxylation sites is 1. The Kier molecular flexibility index (Phi) is 5.68. The number of rotatable bonds is 4. The molecular formula is C24H17F3N2O3. The highest BCUT2D eigenvalue weighted by Gasteiger charge is 2.29. The number of nitrogens with one attached hydrogen (secondary N) is 1. The van der Waals surface area contributed by atoms with Crippen molar-refractivity contribution in [3.8, 4) is 5.75 Å². The van der Waals surface area contributed by atoms with Gasteiger partial charge >= 0.3 is 6.18 Å². The normalized spacial score (nSPS) is 12.1. The lowest BCUT2D eigenvalue weighted by atomic mass is 10.1. The van der Waals surface area contributed by atoms with Gasteiger partial charge in [0.2, 0.25) is 5.55 Å². The van der Waals surface area contributed by atoms with Gasteiger partial charge in [-0.1, -0.05) is 18.2 Å². The molecular weight excluding hydrogens is 421 g/mol. The van der Waals surface area contributed by atoms with Crippen LogP contribution in [0, 0.1) is 0 Å². The number of carbonyl (C=O) groups excluding carboxylic acids is 1. The summed E-state index contributed by atoms with van der Waals surface area (Å²) in [6.07, 6.45) is -4.45. The third-order valence-electron chi connectivity index (χ3n) is 4.66. The van der Waals surface area contributed by atoms with Crippen LogP contribution in [0.15, 0.2) is 88.3 Å². The zero-order valence-electron chi connectivity index (χ0n) is 16.8. The fourth-order valence-corrected chi connectivity index (χ4v) is 3.04.